The second-order valence-corrected chi connectivity index (χ2v) is 2.31. The molecule has 0 saturated carbocycles. The molecule has 2 rings (SSSR count). The summed E-state index contributed by atoms with van der Waals surface area (Å²) >= 11 is 0. The van der Waals surface area contributed by atoms with E-state index in [-0.39, 0.29) is 37.7 Å². The van der Waals surface area contributed by atoms with Gasteiger partial charge in [-0.1, -0.05) is 36.4 Å². The van der Waals surface area contributed by atoms with E-state index in [1.165, 1.54) is 11.1 Å². The fourth-order valence-electron chi connectivity index (χ4n) is 1.20. The fourth-order valence-corrected chi connectivity index (χ4v) is 1.20. The van der Waals surface area contributed by atoms with Gasteiger partial charge in [-0.05, 0) is 17.5 Å². The molecule has 1 aromatic carbocycles. The van der Waals surface area contributed by atoms with Gasteiger partial charge in [0.15, 0.2) is 0 Å². The Morgan fingerprint density at radius 1 is 1.10 bits per heavy atom. The van der Waals surface area contributed by atoms with E-state index in [4.69, 9.17) is 0 Å². The van der Waals surface area contributed by atoms with Gasteiger partial charge in [0.05, 0.1) is 0 Å². The van der Waals surface area contributed by atoms with Gasteiger partial charge in [0, 0.05) is 37.7 Å². The van der Waals surface area contributed by atoms with Gasteiger partial charge in [-0.2, -0.15) is 0 Å². The largest absolute Gasteiger partial charge is 0.0795 e. The standard InChI is InChI=1S/C9H8.Ar/c1-2-5-9-7-3-6-8(9)4-1;/h1-6H,7H2;. The van der Waals surface area contributed by atoms with E-state index in [0.717, 1.165) is 6.42 Å². The molecular weight excluding hydrogens is 148 g/mol. The van der Waals surface area contributed by atoms with E-state index < -0.39 is 0 Å². The average molecular weight is 156 g/mol. The van der Waals surface area contributed by atoms with Gasteiger partial charge < -0.3 is 0 Å². The van der Waals surface area contributed by atoms with Gasteiger partial charge in [0.25, 0.3) is 0 Å². The average Bonchev–Trinajstić information content (AvgIpc) is 2.33. The number of rotatable bonds is 0. The Morgan fingerprint density at radius 2 is 1.90 bits per heavy atom. The van der Waals surface area contributed by atoms with Gasteiger partial charge in [-0.25, -0.2) is 0 Å². The molecule has 0 bridgehead atoms. The van der Waals surface area contributed by atoms with Crippen LogP contribution in [-0.2, 0) is 6.42 Å². The van der Waals surface area contributed by atoms with Gasteiger partial charge in [-0.3, -0.25) is 0 Å². The van der Waals surface area contributed by atoms with Crippen molar-refractivity contribution in [1.29, 1.82) is 0 Å². The van der Waals surface area contributed by atoms with Crippen LogP contribution < -0.4 is 0 Å². The summed E-state index contributed by atoms with van der Waals surface area (Å²) in [5.74, 6) is 0. The van der Waals surface area contributed by atoms with E-state index in [2.05, 4.69) is 36.4 Å². The molecule has 0 radical (unpaired) electrons. The summed E-state index contributed by atoms with van der Waals surface area (Å²) in [5, 5.41) is 0. The van der Waals surface area contributed by atoms with E-state index >= 15 is 0 Å². The Bertz CT molecular complexity index is 251. The quantitative estimate of drug-likeness (QED) is 0.540. The Kier molecular flexibility index (Phi) is 2.96. The molecule has 10 heavy (non-hydrogen) atoms. The van der Waals surface area contributed by atoms with Gasteiger partial charge in [-0.15, -0.1) is 0 Å². The number of fused-ring (bicyclic) bond motifs is 1. The maximum absolute atomic E-state index is 2.20. The summed E-state index contributed by atoms with van der Waals surface area (Å²) in [5.41, 5.74) is 2.84. The van der Waals surface area contributed by atoms with Crippen LogP contribution in [-0.4, -0.2) is 0 Å². The van der Waals surface area contributed by atoms with Crippen LogP contribution in [0.5, 0.6) is 0 Å². The summed E-state index contributed by atoms with van der Waals surface area (Å²) in [6, 6.07) is 8.49. The van der Waals surface area contributed by atoms with E-state index in [0.29, 0.717) is 0 Å². The zero-order chi connectivity index (χ0) is 6.10. The van der Waals surface area contributed by atoms with Crippen molar-refractivity contribution in [3.8, 4) is 0 Å². The zero-order valence-corrected chi connectivity index (χ0v) is 6.23. The second-order valence-electron chi connectivity index (χ2n) is 2.31. The van der Waals surface area contributed by atoms with E-state index in [1.807, 2.05) is 0 Å². The van der Waals surface area contributed by atoms with Crippen molar-refractivity contribution in [3.63, 3.8) is 0 Å². The van der Waals surface area contributed by atoms with Crippen molar-refractivity contribution in [2.24, 2.45) is 0 Å². The van der Waals surface area contributed by atoms with Crippen molar-refractivity contribution >= 4 is 6.08 Å². The second kappa shape index (κ2) is 3.56. The first-order valence-electron chi connectivity index (χ1n) is 3.21. The number of allylic oxidation sites excluding steroid dienone is 1. The van der Waals surface area contributed by atoms with Crippen LogP contribution >= 0.6 is 0 Å². The van der Waals surface area contributed by atoms with Gasteiger partial charge >= 0.3 is 0 Å². The van der Waals surface area contributed by atoms with Crippen LogP contribution in [0, 0.1) is 37.7 Å². The monoisotopic (exact) mass is 156 g/mol. The minimum Gasteiger partial charge on any atom is -0.0795 e. The maximum Gasteiger partial charge on any atom is 0 e. The Balaban J connectivity index is 0.000000500. The predicted molar refractivity (Wildman–Crippen MR) is 39.2 cm³/mol. The van der Waals surface area contributed by atoms with Crippen LogP contribution in [0.15, 0.2) is 30.3 Å². The SMILES string of the molecule is C1=Cc2ccccc2C1.[Ar]. The predicted octanol–water partition coefficient (Wildman–Crippen LogP) is 2.26. The van der Waals surface area contributed by atoms with Gasteiger partial charge in [0.1, 0.15) is 0 Å². The van der Waals surface area contributed by atoms with Gasteiger partial charge in [0.2, 0.25) is 0 Å². The van der Waals surface area contributed by atoms with E-state index in [1.54, 1.807) is 0 Å². The minimum absolute atomic E-state index is 0. The first kappa shape index (κ1) is 8.32. The molecule has 1 aliphatic rings. The Morgan fingerprint density at radius 3 is 2.70 bits per heavy atom. The molecule has 0 heterocycles. The number of benzene rings is 1. The third kappa shape index (κ3) is 1.44. The van der Waals surface area contributed by atoms with Crippen LogP contribution in [0.3, 0.4) is 0 Å². The fraction of sp³-hybridized carbons (Fsp3) is 0.111. The zero-order valence-electron chi connectivity index (χ0n) is 5.52. The smallest absolute Gasteiger partial charge is 0 e. The molecule has 0 atom stereocenters. The molecule has 0 fully saturated rings. The molecule has 1 aromatic rings. The molecule has 0 aromatic heterocycles. The molecule has 0 unspecified atom stereocenters. The third-order valence-corrected chi connectivity index (χ3v) is 1.69. The molecule has 52 valence electrons. The summed E-state index contributed by atoms with van der Waals surface area (Å²) in [4.78, 5) is 0. The Labute approximate surface area is 90.9 Å². The minimum atomic E-state index is 0. The summed E-state index contributed by atoms with van der Waals surface area (Å²) in [7, 11) is 0. The molecule has 0 spiro atoms. The normalized spacial score (nSPS) is 12.4. The molecule has 1 heteroatoms. The molecule has 0 aliphatic heterocycles. The van der Waals surface area contributed by atoms with Crippen LogP contribution in [0.2, 0.25) is 0 Å². The molecular formula is C9H8Ar. The van der Waals surface area contributed by atoms with Crippen molar-refractivity contribution in [2.75, 3.05) is 0 Å². The summed E-state index contributed by atoms with van der Waals surface area (Å²) in [6.45, 7) is 0. The van der Waals surface area contributed by atoms with Crippen molar-refractivity contribution in [2.45, 2.75) is 6.42 Å². The third-order valence-electron chi connectivity index (χ3n) is 1.69. The maximum atomic E-state index is 2.20. The van der Waals surface area contributed by atoms with Crippen molar-refractivity contribution in [3.05, 3.63) is 41.5 Å². The molecule has 1 aliphatic carbocycles. The molecule has 0 saturated heterocycles. The molecule has 0 N–H and O–H groups in total. The topological polar surface area (TPSA) is 0 Å². The molecule has 0 amide bonds. The van der Waals surface area contributed by atoms with Crippen LogP contribution in [0.4, 0.5) is 0 Å². The van der Waals surface area contributed by atoms with Crippen molar-refractivity contribution < 1.29 is 37.7 Å². The first-order chi connectivity index (χ1) is 4.47. The Hall–Kier alpha value is 0.220. The van der Waals surface area contributed by atoms with Crippen molar-refractivity contribution in [1.82, 2.24) is 0 Å². The first-order valence-corrected chi connectivity index (χ1v) is 3.21. The number of hydrogen-bond acceptors (Lipinski definition) is 0. The number of hydrogen-bond donors (Lipinski definition) is 0. The summed E-state index contributed by atoms with van der Waals surface area (Å²) in [6.07, 6.45) is 5.50. The summed E-state index contributed by atoms with van der Waals surface area (Å²) < 4.78 is 0. The van der Waals surface area contributed by atoms with Crippen LogP contribution in [0.25, 0.3) is 6.08 Å². The van der Waals surface area contributed by atoms with Crippen LogP contribution in [0.1, 0.15) is 11.1 Å². The van der Waals surface area contributed by atoms with E-state index in [9.17, 15) is 0 Å². The molecule has 0 nitrogen and oxygen atoms in total.